The van der Waals surface area contributed by atoms with Gasteiger partial charge in [-0.15, -0.1) is 0 Å². The van der Waals surface area contributed by atoms with Crippen molar-refractivity contribution in [3.63, 3.8) is 0 Å². The van der Waals surface area contributed by atoms with Gasteiger partial charge >= 0.3 is 6.09 Å². The summed E-state index contributed by atoms with van der Waals surface area (Å²) in [5, 5.41) is 3.06. The first-order valence-electron chi connectivity index (χ1n) is 7.89. The van der Waals surface area contributed by atoms with Gasteiger partial charge in [0.05, 0.1) is 12.7 Å². The molecule has 0 bridgehead atoms. The van der Waals surface area contributed by atoms with Crippen LogP contribution in [0.5, 0.6) is 5.75 Å². The van der Waals surface area contributed by atoms with Crippen LogP contribution in [0.15, 0.2) is 30.3 Å². The van der Waals surface area contributed by atoms with Crippen LogP contribution in [0.4, 0.5) is 4.79 Å². The second-order valence-corrected chi connectivity index (χ2v) is 6.13. The molecule has 114 valence electrons. The first-order chi connectivity index (χ1) is 10.2. The summed E-state index contributed by atoms with van der Waals surface area (Å²) < 4.78 is 10.8. The highest BCUT2D eigenvalue weighted by molar-refractivity contribution is 5.70. The number of carbonyl (C=O) groups excluding carboxylic acids is 1. The summed E-state index contributed by atoms with van der Waals surface area (Å²) in [6, 6.07) is 9.40. The number of nitrogens with one attached hydrogen (secondary N) is 1. The molecule has 1 saturated heterocycles. The lowest BCUT2D eigenvalue weighted by Crippen LogP contribution is -2.46. The van der Waals surface area contributed by atoms with Crippen LogP contribution in [0.3, 0.4) is 0 Å². The van der Waals surface area contributed by atoms with Gasteiger partial charge in [-0.1, -0.05) is 38.0 Å². The molecule has 3 rings (SSSR count). The number of carbonyl (C=O) groups is 1. The minimum absolute atomic E-state index is 0.203. The smallest absolute Gasteiger partial charge is 0.410 e. The molecule has 1 saturated carbocycles. The Morgan fingerprint density at radius 2 is 2.00 bits per heavy atom. The number of hydrogen-bond donors (Lipinski definition) is 1. The number of epoxide rings is 1. The fraction of sp³-hybridized carbons (Fsp3) is 0.588. The van der Waals surface area contributed by atoms with Crippen LogP contribution >= 0.6 is 0 Å². The molecule has 1 amide bonds. The van der Waals surface area contributed by atoms with Gasteiger partial charge in [-0.05, 0) is 36.8 Å². The van der Waals surface area contributed by atoms with E-state index >= 15 is 0 Å². The van der Waals surface area contributed by atoms with E-state index in [4.69, 9.17) is 9.47 Å². The normalized spacial score (nSPS) is 29.5. The second kappa shape index (κ2) is 6.48. The van der Waals surface area contributed by atoms with E-state index in [9.17, 15) is 4.79 Å². The van der Waals surface area contributed by atoms with Gasteiger partial charge in [0.25, 0.3) is 0 Å². The molecule has 21 heavy (non-hydrogen) atoms. The Balaban J connectivity index is 1.57. The zero-order valence-electron chi connectivity index (χ0n) is 12.5. The van der Waals surface area contributed by atoms with Crippen LogP contribution in [0.1, 0.15) is 32.6 Å². The Morgan fingerprint density at radius 1 is 1.29 bits per heavy atom. The Bertz CT molecular complexity index is 472. The molecule has 1 N–H and O–H groups in total. The van der Waals surface area contributed by atoms with Crippen molar-refractivity contribution < 1.29 is 14.3 Å². The fourth-order valence-electron chi connectivity index (χ4n) is 3.38. The third-order valence-electron chi connectivity index (χ3n) is 4.70. The van der Waals surface area contributed by atoms with Crippen LogP contribution < -0.4 is 10.1 Å². The van der Waals surface area contributed by atoms with Crippen LogP contribution in [0.2, 0.25) is 0 Å². The van der Waals surface area contributed by atoms with E-state index in [1.165, 1.54) is 12.8 Å². The average Bonchev–Trinajstić information content (AvgIpc) is 3.33. The molecule has 0 aromatic heterocycles. The maximum Gasteiger partial charge on any atom is 0.412 e. The molecular weight excluding hydrogens is 266 g/mol. The molecule has 1 heterocycles. The Hall–Kier alpha value is -1.55. The second-order valence-electron chi connectivity index (χ2n) is 6.13. The van der Waals surface area contributed by atoms with Crippen molar-refractivity contribution in [1.82, 2.24) is 5.32 Å². The minimum Gasteiger partial charge on any atom is -0.410 e. The van der Waals surface area contributed by atoms with E-state index in [1.54, 1.807) is 12.1 Å². The van der Waals surface area contributed by atoms with Crippen molar-refractivity contribution in [2.45, 2.75) is 44.8 Å². The van der Waals surface area contributed by atoms with Crippen molar-refractivity contribution in [2.24, 2.45) is 11.8 Å². The number of para-hydroxylation sites is 1. The van der Waals surface area contributed by atoms with Crippen LogP contribution in [0.25, 0.3) is 0 Å². The Morgan fingerprint density at radius 3 is 2.71 bits per heavy atom. The average molecular weight is 289 g/mol. The van der Waals surface area contributed by atoms with Gasteiger partial charge in [0.2, 0.25) is 0 Å². The standard InChI is InChI=1S/C17H23NO3/c1-12(16-11-20-16)14-9-5-6-10-15(14)18-17(19)21-13-7-3-2-4-8-13/h2-4,7-8,12,14-16H,5-6,9-11H2,1H3,(H,18,19)/t12-,14?,15?,16+/m0/s1. The summed E-state index contributed by atoms with van der Waals surface area (Å²) in [6.07, 6.45) is 4.66. The van der Waals surface area contributed by atoms with Gasteiger partial charge in [-0.2, -0.15) is 0 Å². The predicted molar refractivity (Wildman–Crippen MR) is 80.3 cm³/mol. The number of hydrogen-bond acceptors (Lipinski definition) is 3. The van der Waals surface area contributed by atoms with E-state index in [0.29, 0.717) is 23.7 Å². The number of ether oxygens (including phenoxy) is 2. The molecule has 0 radical (unpaired) electrons. The van der Waals surface area contributed by atoms with Crippen LogP contribution in [0, 0.1) is 11.8 Å². The van der Waals surface area contributed by atoms with E-state index in [-0.39, 0.29) is 12.1 Å². The molecule has 2 unspecified atom stereocenters. The number of rotatable bonds is 4. The van der Waals surface area contributed by atoms with Crippen molar-refractivity contribution in [3.05, 3.63) is 30.3 Å². The molecule has 2 fully saturated rings. The minimum atomic E-state index is -0.345. The summed E-state index contributed by atoms with van der Waals surface area (Å²) in [4.78, 5) is 12.1. The summed E-state index contributed by atoms with van der Waals surface area (Å²) in [6.45, 7) is 3.11. The molecule has 4 nitrogen and oxygen atoms in total. The van der Waals surface area contributed by atoms with Gasteiger partial charge in [0.1, 0.15) is 5.75 Å². The van der Waals surface area contributed by atoms with Gasteiger partial charge in [0.15, 0.2) is 0 Å². The maximum atomic E-state index is 12.1. The topological polar surface area (TPSA) is 50.9 Å². The monoisotopic (exact) mass is 289 g/mol. The van der Waals surface area contributed by atoms with Gasteiger partial charge in [-0.3, -0.25) is 0 Å². The SMILES string of the molecule is C[C@@H](C1CCCCC1NC(=O)Oc1ccccc1)[C@H]1CO1. The van der Waals surface area contributed by atoms with Crippen molar-refractivity contribution >= 4 is 6.09 Å². The van der Waals surface area contributed by atoms with Crippen LogP contribution in [-0.4, -0.2) is 24.8 Å². The third-order valence-corrected chi connectivity index (χ3v) is 4.70. The number of benzene rings is 1. The van der Waals surface area contributed by atoms with Crippen molar-refractivity contribution in [1.29, 1.82) is 0 Å². The third kappa shape index (κ3) is 3.76. The molecule has 2 aliphatic rings. The van der Waals surface area contributed by atoms with Crippen LogP contribution in [-0.2, 0) is 4.74 Å². The Kier molecular flexibility index (Phi) is 4.44. The van der Waals surface area contributed by atoms with E-state index < -0.39 is 0 Å². The molecule has 0 spiro atoms. The highest BCUT2D eigenvalue weighted by Crippen LogP contribution is 2.36. The molecule has 1 aliphatic carbocycles. The molecule has 1 aromatic carbocycles. The Labute approximate surface area is 125 Å². The fourth-order valence-corrected chi connectivity index (χ4v) is 3.38. The summed E-state index contributed by atoms with van der Waals surface area (Å²) in [5.41, 5.74) is 0. The molecule has 1 aliphatic heterocycles. The lowest BCUT2D eigenvalue weighted by atomic mass is 9.76. The molecule has 4 heteroatoms. The highest BCUT2D eigenvalue weighted by Gasteiger charge is 2.39. The highest BCUT2D eigenvalue weighted by atomic mass is 16.6. The van der Waals surface area contributed by atoms with Crippen molar-refractivity contribution in [2.75, 3.05) is 6.61 Å². The summed E-state index contributed by atoms with van der Waals surface area (Å²) >= 11 is 0. The molecule has 1 aromatic rings. The van der Waals surface area contributed by atoms with E-state index in [1.807, 2.05) is 18.2 Å². The zero-order valence-corrected chi connectivity index (χ0v) is 12.5. The predicted octanol–water partition coefficient (Wildman–Crippen LogP) is 3.37. The van der Waals surface area contributed by atoms with Gasteiger partial charge in [0, 0.05) is 6.04 Å². The lowest BCUT2D eigenvalue weighted by molar-refractivity contribution is 0.150. The lowest BCUT2D eigenvalue weighted by Gasteiger charge is -2.35. The number of amides is 1. The molecule has 4 atom stereocenters. The van der Waals surface area contributed by atoms with Gasteiger partial charge < -0.3 is 14.8 Å². The quantitative estimate of drug-likeness (QED) is 0.865. The van der Waals surface area contributed by atoms with Gasteiger partial charge in [-0.25, -0.2) is 4.79 Å². The largest absolute Gasteiger partial charge is 0.412 e. The summed E-state index contributed by atoms with van der Waals surface area (Å²) in [5.74, 6) is 1.59. The summed E-state index contributed by atoms with van der Waals surface area (Å²) in [7, 11) is 0. The van der Waals surface area contributed by atoms with E-state index in [0.717, 1.165) is 19.4 Å². The molecular formula is C17H23NO3. The first kappa shape index (κ1) is 14.4. The maximum absolute atomic E-state index is 12.1. The van der Waals surface area contributed by atoms with E-state index in [2.05, 4.69) is 12.2 Å². The first-order valence-corrected chi connectivity index (χ1v) is 7.89. The van der Waals surface area contributed by atoms with Crippen molar-refractivity contribution in [3.8, 4) is 5.75 Å². The zero-order chi connectivity index (χ0) is 14.7.